The molecule has 196 valence electrons. The fourth-order valence-corrected chi connectivity index (χ4v) is 6.29. The Morgan fingerprint density at radius 3 is 2.43 bits per heavy atom. The molecule has 10 heteroatoms. The van der Waals surface area contributed by atoms with Gasteiger partial charge in [0.15, 0.2) is 0 Å². The number of rotatable bonds is 8. The van der Waals surface area contributed by atoms with Crippen molar-refractivity contribution in [2.24, 2.45) is 5.73 Å². The van der Waals surface area contributed by atoms with Gasteiger partial charge in [0.25, 0.3) is 0 Å². The minimum Gasteiger partial charge on any atom is -0.474 e. The number of hydrogen-bond acceptors (Lipinski definition) is 8. The van der Waals surface area contributed by atoms with E-state index in [9.17, 15) is 9.59 Å². The maximum Gasteiger partial charge on any atom is 0.410 e. The monoisotopic (exact) mass is 508 g/mol. The van der Waals surface area contributed by atoms with Crippen LogP contribution in [0.2, 0.25) is 0 Å². The van der Waals surface area contributed by atoms with Crippen molar-refractivity contribution in [3.05, 3.63) is 16.0 Å². The van der Waals surface area contributed by atoms with E-state index in [1.165, 1.54) is 12.0 Å². The van der Waals surface area contributed by atoms with Crippen LogP contribution < -0.4 is 11.1 Å². The van der Waals surface area contributed by atoms with Gasteiger partial charge in [0.2, 0.25) is 11.8 Å². The predicted octanol–water partition coefficient (Wildman–Crippen LogP) is 4.23. The molecule has 1 aromatic heterocycles. The average Bonchev–Trinajstić information content (AvgIpc) is 3.35. The molecular weight excluding hydrogens is 468 g/mol. The average molecular weight is 509 g/mol. The number of carbonyl (C=O) groups is 2. The van der Waals surface area contributed by atoms with Gasteiger partial charge < -0.3 is 30.2 Å². The number of carbonyl (C=O) groups excluding carboxylic acids is 2. The van der Waals surface area contributed by atoms with E-state index in [0.29, 0.717) is 6.42 Å². The van der Waals surface area contributed by atoms with Crippen LogP contribution in [0.5, 0.6) is 0 Å². The Hall–Kier alpha value is -2.33. The Morgan fingerprint density at radius 2 is 1.89 bits per heavy atom. The van der Waals surface area contributed by atoms with Crippen LogP contribution in [-0.2, 0) is 25.4 Å². The summed E-state index contributed by atoms with van der Waals surface area (Å²) in [4.78, 5) is 27.1. The highest BCUT2D eigenvalue weighted by atomic mass is 32.1. The first-order valence-electron chi connectivity index (χ1n) is 12.3. The van der Waals surface area contributed by atoms with Gasteiger partial charge >= 0.3 is 6.09 Å². The van der Waals surface area contributed by atoms with Crippen molar-refractivity contribution in [2.75, 3.05) is 26.5 Å². The number of thiophene rings is 1. The minimum absolute atomic E-state index is 0.0803. The Balaban J connectivity index is 1.65. The first kappa shape index (κ1) is 27.3. The predicted molar refractivity (Wildman–Crippen MR) is 137 cm³/mol. The zero-order valence-corrected chi connectivity index (χ0v) is 22.5. The molecule has 4 N–H and O–H groups in total. The summed E-state index contributed by atoms with van der Waals surface area (Å²) in [7, 11) is 5.14. The van der Waals surface area contributed by atoms with Gasteiger partial charge in [0.1, 0.15) is 22.8 Å². The van der Waals surface area contributed by atoms with Gasteiger partial charge in [-0.25, -0.2) is 4.79 Å². The van der Waals surface area contributed by atoms with Gasteiger partial charge in [-0.3, -0.25) is 10.2 Å². The second kappa shape index (κ2) is 11.2. The third-order valence-electron chi connectivity index (χ3n) is 6.86. The summed E-state index contributed by atoms with van der Waals surface area (Å²) >= 11 is 1.65. The summed E-state index contributed by atoms with van der Waals surface area (Å²) < 4.78 is 17.0. The van der Waals surface area contributed by atoms with E-state index in [2.05, 4.69) is 5.32 Å². The highest BCUT2D eigenvalue weighted by molar-refractivity contribution is 7.16. The van der Waals surface area contributed by atoms with Gasteiger partial charge in [-0.1, -0.05) is 0 Å². The zero-order valence-electron chi connectivity index (χ0n) is 21.7. The quantitative estimate of drug-likeness (QED) is 0.356. The molecule has 0 saturated heterocycles. The standard InChI is InChI=1S/C25H40N4O5S/c1-25(2,3)34-24(31)29(5)15-8-10-16(11-9-15)33-22(27)20-19-14(13-17(32-6)21(26)30)7-12-18(19)35-23(20)28-4/h14-17,27-28H,7-13H2,1-6H3,(H2,26,30)/t14-,15-,16-,17+/m1/s1. The zero-order chi connectivity index (χ0) is 25.9. The molecule has 1 aromatic rings. The lowest BCUT2D eigenvalue weighted by Crippen LogP contribution is -2.43. The van der Waals surface area contributed by atoms with Crippen LogP contribution in [0.4, 0.5) is 9.80 Å². The Morgan fingerprint density at radius 1 is 1.23 bits per heavy atom. The normalized spacial score (nSPS) is 22.7. The second-order valence-corrected chi connectivity index (χ2v) is 11.6. The second-order valence-electron chi connectivity index (χ2n) is 10.5. The van der Waals surface area contributed by atoms with Crippen LogP contribution in [0.3, 0.4) is 0 Å². The lowest BCUT2D eigenvalue weighted by Gasteiger charge is -2.35. The van der Waals surface area contributed by atoms with Crippen molar-refractivity contribution < 1.29 is 23.8 Å². The number of fused-ring (bicyclic) bond motifs is 1. The molecule has 0 bridgehead atoms. The smallest absolute Gasteiger partial charge is 0.410 e. The van der Waals surface area contributed by atoms with Gasteiger partial charge in [0.05, 0.1) is 5.56 Å². The summed E-state index contributed by atoms with van der Waals surface area (Å²) in [5, 5.41) is 13.0. The van der Waals surface area contributed by atoms with Crippen LogP contribution >= 0.6 is 11.3 Å². The van der Waals surface area contributed by atoms with Crippen LogP contribution in [0.15, 0.2) is 0 Å². The number of anilines is 1. The van der Waals surface area contributed by atoms with Gasteiger partial charge in [0, 0.05) is 32.1 Å². The number of hydrogen-bond donors (Lipinski definition) is 3. The maximum absolute atomic E-state index is 12.4. The molecule has 0 spiro atoms. The topological polar surface area (TPSA) is 127 Å². The van der Waals surface area contributed by atoms with Gasteiger partial charge in [-0.2, -0.15) is 0 Å². The summed E-state index contributed by atoms with van der Waals surface area (Å²) in [6.45, 7) is 5.59. The molecule has 2 aliphatic rings. The van der Waals surface area contributed by atoms with Crippen LogP contribution in [0, 0.1) is 5.41 Å². The SMILES string of the molecule is CNc1sc2c(c1C(=N)O[C@H]1CC[C@H](N(C)C(=O)OC(C)(C)C)CC1)[C@@H](C[C@H](OC)C(N)=O)CC2. The van der Waals surface area contributed by atoms with E-state index in [1.807, 2.05) is 27.8 Å². The lowest BCUT2D eigenvalue weighted by molar-refractivity contribution is -0.128. The number of ether oxygens (including phenoxy) is 3. The van der Waals surface area contributed by atoms with E-state index in [4.69, 9.17) is 25.4 Å². The van der Waals surface area contributed by atoms with E-state index in [0.717, 1.165) is 54.7 Å². The van der Waals surface area contributed by atoms with Crippen molar-refractivity contribution in [1.29, 1.82) is 5.41 Å². The highest BCUT2D eigenvalue weighted by Crippen LogP contribution is 2.47. The number of primary amides is 1. The van der Waals surface area contributed by atoms with Crippen LogP contribution in [0.25, 0.3) is 0 Å². The molecule has 1 heterocycles. The van der Waals surface area contributed by atoms with E-state index in [-0.39, 0.29) is 30.1 Å². The Bertz CT molecular complexity index is 933. The largest absolute Gasteiger partial charge is 0.474 e. The molecule has 1 saturated carbocycles. The molecule has 2 amide bonds. The fourth-order valence-electron chi connectivity index (χ4n) is 5.04. The summed E-state index contributed by atoms with van der Waals surface area (Å²) in [5.74, 6) is -0.209. The number of aryl methyl sites for hydroxylation is 1. The Labute approximate surface area is 212 Å². The van der Waals surface area contributed by atoms with Crippen LogP contribution in [-0.4, -0.2) is 67.9 Å². The number of methoxy groups -OCH3 is 1. The molecule has 35 heavy (non-hydrogen) atoms. The molecule has 2 atom stereocenters. The van der Waals surface area contributed by atoms with Gasteiger partial charge in [-0.15, -0.1) is 11.3 Å². The minimum atomic E-state index is -0.649. The summed E-state index contributed by atoms with van der Waals surface area (Å²) in [5.41, 5.74) is 6.87. The third kappa shape index (κ3) is 6.46. The molecule has 2 aliphatic carbocycles. The third-order valence-corrected chi connectivity index (χ3v) is 8.15. The van der Waals surface area contributed by atoms with E-state index < -0.39 is 17.6 Å². The van der Waals surface area contributed by atoms with Gasteiger partial charge in [-0.05, 0) is 77.2 Å². The van der Waals surface area contributed by atoms with Crippen LogP contribution in [0.1, 0.15) is 81.2 Å². The molecule has 0 radical (unpaired) electrons. The van der Waals surface area contributed by atoms with Crippen molar-refractivity contribution in [1.82, 2.24) is 4.90 Å². The lowest BCUT2D eigenvalue weighted by atomic mass is 9.91. The first-order valence-corrected chi connectivity index (χ1v) is 13.1. The molecule has 0 unspecified atom stereocenters. The van der Waals surface area contributed by atoms with Crippen molar-refractivity contribution in [3.63, 3.8) is 0 Å². The molecule has 9 nitrogen and oxygen atoms in total. The maximum atomic E-state index is 12.4. The molecule has 1 fully saturated rings. The summed E-state index contributed by atoms with van der Waals surface area (Å²) in [6, 6.07) is 0.0984. The van der Waals surface area contributed by atoms with Crippen molar-refractivity contribution >= 4 is 34.2 Å². The number of amides is 2. The number of nitrogens with two attached hydrogens (primary N) is 1. The molecule has 3 rings (SSSR count). The molecule has 0 aliphatic heterocycles. The molecular formula is C25H40N4O5S. The summed E-state index contributed by atoms with van der Waals surface area (Å²) in [6.07, 6.45) is 4.39. The number of nitrogens with one attached hydrogen (secondary N) is 2. The van der Waals surface area contributed by atoms with E-state index in [1.54, 1.807) is 23.3 Å². The van der Waals surface area contributed by atoms with Crippen molar-refractivity contribution in [3.8, 4) is 0 Å². The first-order chi connectivity index (χ1) is 16.4. The highest BCUT2D eigenvalue weighted by Gasteiger charge is 2.36. The molecule has 0 aromatic carbocycles. The van der Waals surface area contributed by atoms with Crippen molar-refractivity contribution in [2.45, 2.75) is 95.5 Å². The fraction of sp³-hybridized carbons (Fsp3) is 0.720. The Kier molecular flexibility index (Phi) is 8.69. The number of nitrogens with zero attached hydrogens (tertiary/aromatic N) is 1. The van der Waals surface area contributed by atoms with E-state index >= 15 is 0 Å².